The first-order valence-corrected chi connectivity index (χ1v) is 11.2. The van der Waals surface area contributed by atoms with E-state index in [1.54, 1.807) is 0 Å². The summed E-state index contributed by atoms with van der Waals surface area (Å²) in [5.74, 6) is 0.421. The lowest BCUT2D eigenvalue weighted by molar-refractivity contribution is 0.474. The normalized spacial score (nSPS) is 11.1. The molecule has 0 saturated carbocycles. The van der Waals surface area contributed by atoms with Crippen molar-refractivity contribution in [3.8, 4) is 5.75 Å². The first kappa shape index (κ1) is 20.2. The molecule has 0 saturated heterocycles. The summed E-state index contributed by atoms with van der Waals surface area (Å²) in [5.41, 5.74) is 5.82. The molecule has 0 fully saturated rings. The molecule has 3 heteroatoms. The Kier molecular flexibility index (Phi) is 6.47. The van der Waals surface area contributed by atoms with Crippen LogP contribution in [0, 0.1) is 6.92 Å². The number of nitrogens with one attached hydrogen (secondary N) is 1. The van der Waals surface area contributed by atoms with Gasteiger partial charge in [-0.2, -0.15) is 0 Å². The minimum atomic E-state index is 0.408. The average Bonchev–Trinajstić information content (AvgIpc) is 2.78. The summed E-state index contributed by atoms with van der Waals surface area (Å²) in [6.07, 6.45) is 0.737. The van der Waals surface area contributed by atoms with E-state index >= 15 is 0 Å². The Morgan fingerprint density at radius 2 is 1.40 bits per heavy atom. The molecule has 2 nitrogen and oxygen atoms in total. The molecule has 0 heterocycles. The number of phenols is 1. The predicted octanol–water partition coefficient (Wildman–Crippen LogP) is 5.53. The van der Waals surface area contributed by atoms with Gasteiger partial charge in [0.25, 0.3) is 0 Å². The predicted molar refractivity (Wildman–Crippen MR) is 130 cm³/mol. The Labute approximate surface area is 180 Å². The van der Waals surface area contributed by atoms with Gasteiger partial charge in [-0.3, -0.25) is 0 Å². The molecule has 4 aromatic rings. The van der Waals surface area contributed by atoms with Crippen LogP contribution in [0.4, 0.5) is 5.69 Å². The molecule has 0 spiro atoms. The van der Waals surface area contributed by atoms with Crippen LogP contribution >= 0.6 is 8.58 Å². The van der Waals surface area contributed by atoms with Crippen molar-refractivity contribution in [3.63, 3.8) is 0 Å². The topological polar surface area (TPSA) is 32.3 Å². The fourth-order valence-corrected chi connectivity index (χ4v) is 4.93. The molecule has 4 rings (SSSR count). The number of hydrogen-bond acceptors (Lipinski definition) is 2. The zero-order chi connectivity index (χ0) is 20.8. The first-order valence-electron chi connectivity index (χ1n) is 10.2. The molecule has 0 radical (unpaired) electrons. The van der Waals surface area contributed by atoms with Crippen molar-refractivity contribution in [1.29, 1.82) is 0 Å². The van der Waals surface area contributed by atoms with Crippen molar-refractivity contribution in [3.05, 3.63) is 119 Å². The van der Waals surface area contributed by atoms with Crippen LogP contribution in [0.15, 0.2) is 97.1 Å². The van der Waals surface area contributed by atoms with Gasteiger partial charge in [-0.15, -0.1) is 0 Å². The molecule has 150 valence electrons. The number of benzene rings is 4. The highest BCUT2D eigenvalue weighted by atomic mass is 31.1. The Hall–Kier alpha value is -3.09. The monoisotopic (exact) mass is 411 g/mol. The summed E-state index contributed by atoms with van der Waals surface area (Å²) in [6.45, 7) is 2.91. The summed E-state index contributed by atoms with van der Waals surface area (Å²) in [7, 11) is 0.408. The molecule has 2 N–H and O–H groups in total. The largest absolute Gasteiger partial charge is 0.507 e. The standard InChI is InChI=1S/C27H26NOP/c1-20-10-8-14-23(19-28-24-15-6-3-7-16-24)27(20)30-25-17-9-13-22(26(25)29)18-21-11-4-2-5-12-21/h2-17,28-30H,18-19H2,1H3. The minimum absolute atomic E-state index is 0.408. The Morgan fingerprint density at radius 3 is 2.17 bits per heavy atom. The molecule has 4 aromatic carbocycles. The zero-order valence-corrected chi connectivity index (χ0v) is 18.1. The second-order valence-corrected chi connectivity index (χ2v) is 8.72. The van der Waals surface area contributed by atoms with E-state index in [0.29, 0.717) is 14.3 Å². The van der Waals surface area contributed by atoms with Crippen LogP contribution in [0.1, 0.15) is 22.3 Å². The highest BCUT2D eigenvalue weighted by Crippen LogP contribution is 2.26. The van der Waals surface area contributed by atoms with Gasteiger partial charge in [-0.05, 0) is 46.6 Å². The second kappa shape index (κ2) is 9.61. The maximum atomic E-state index is 11.0. The minimum Gasteiger partial charge on any atom is -0.507 e. The Morgan fingerprint density at radius 1 is 0.733 bits per heavy atom. The van der Waals surface area contributed by atoms with Gasteiger partial charge in [0.1, 0.15) is 5.75 Å². The van der Waals surface area contributed by atoms with Crippen LogP contribution in [0.3, 0.4) is 0 Å². The summed E-state index contributed by atoms with van der Waals surface area (Å²) in [4.78, 5) is 0. The van der Waals surface area contributed by atoms with Crippen LogP contribution in [0.25, 0.3) is 0 Å². The summed E-state index contributed by atoms with van der Waals surface area (Å²) >= 11 is 0. The van der Waals surface area contributed by atoms with Crippen molar-refractivity contribution in [2.24, 2.45) is 0 Å². The molecular weight excluding hydrogens is 385 g/mol. The molecule has 30 heavy (non-hydrogen) atoms. The average molecular weight is 411 g/mol. The smallest absolute Gasteiger partial charge is 0.126 e. The number of hydrogen-bond donors (Lipinski definition) is 2. The molecule has 0 aromatic heterocycles. The number of aromatic hydroxyl groups is 1. The van der Waals surface area contributed by atoms with Crippen molar-refractivity contribution in [1.82, 2.24) is 0 Å². The lowest BCUT2D eigenvalue weighted by Crippen LogP contribution is -2.16. The van der Waals surface area contributed by atoms with E-state index in [1.807, 2.05) is 48.5 Å². The summed E-state index contributed by atoms with van der Waals surface area (Å²) in [6, 6.07) is 33.1. The van der Waals surface area contributed by atoms with Crippen LogP contribution < -0.4 is 15.9 Å². The maximum absolute atomic E-state index is 11.0. The van der Waals surface area contributed by atoms with Crippen molar-refractivity contribution >= 4 is 24.9 Å². The summed E-state index contributed by atoms with van der Waals surface area (Å²) < 4.78 is 0. The zero-order valence-electron chi connectivity index (χ0n) is 17.1. The SMILES string of the molecule is Cc1cccc(CNc2ccccc2)c1Pc1cccc(Cc2ccccc2)c1O. The van der Waals surface area contributed by atoms with Crippen LogP contribution in [0.5, 0.6) is 5.75 Å². The number of aryl methyl sites for hydroxylation is 1. The van der Waals surface area contributed by atoms with E-state index in [4.69, 9.17) is 0 Å². The third-order valence-corrected chi connectivity index (χ3v) is 6.87. The molecule has 0 aliphatic carbocycles. The van der Waals surface area contributed by atoms with E-state index in [1.165, 1.54) is 22.0 Å². The molecule has 1 unspecified atom stereocenters. The van der Waals surface area contributed by atoms with Crippen molar-refractivity contribution < 1.29 is 5.11 Å². The molecule has 0 aliphatic rings. The van der Waals surface area contributed by atoms with E-state index < -0.39 is 0 Å². The number of anilines is 1. The second-order valence-electron chi connectivity index (χ2n) is 7.43. The highest BCUT2D eigenvalue weighted by molar-refractivity contribution is 7.56. The van der Waals surface area contributed by atoms with Gasteiger partial charge in [0, 0.05) is 24.0 Å². The van der Waals surface area contributed by atoms with E-state index in [9.17, 15) is 5.11 Å². The van der Waals surface area contributed by atoms with Gasteiger partial charge in [0.15, 0.2) is 0 Å². The van der Waals surface area contributed by atoms with Gasteiger partial charge < -0.3 is 10.4 Å². The maximum Gasteiger partial charge on any atom is 0.126 e. The van der Waals surface area contributed by atoms with Crippen molar-refractivity contribution in [2.45, 2.75) is 19.9 Å². The molecule has 0 amide bonds. The fraction of sp³-hybridized carbons (Fsp3) is 0.111. The van der Waals surface area contributed by atoms with Crippen LogP contribution in [0.2, 0.25) is 0 Å². The third kappa shape index (κ3) is 4.90. The third-order valence-electron chi connectivity index (χ3n) is 5.23. The first-order chi connectivity index (χ1) is 14.7. The quantitative estimate of drug-likeness (QED) is 0.392. The lowest BCUT2D eigenvalue weighted by Gasteiger charge is -2.16. The van der Waals surface area contributed by atoms with Gasteiger partial charge in [0.05, 0.1) is 0 Å². The molecule has 0 bridgehead atoms. The Bertz CT molecular complexity index is 1110. The Balaban J connectivity index is 1.57. The van der Waals surface area contributed by atoms with Crippen molar-refractivity contribution in [2.75, 3.05) is 5.32 Å². The van der Waals surface area contributed by atoms with Crippen LogP contribution in [-0.2, 0) is 13.0 Å². The fourth-order valence-electron chi connectivity index (χ4n) is 3.59. The molecular formula is C27H26NOP. The summed E-state index contributed by atoms with van der Waals surface area (Å²) in [5, 5.41) is 16.8. The molecule has 0 aliphatic heterocycles. The number of rotatable bonds is 7. The highest BCUT2D eigenvalue weighted by Gasteiger charge is 2.12. The van der Waals surface area contributed by atoms with E-state index in [-0.39, 0.29) is 0 Å². The number of para-hydroxylation sites is 2. The van der Waals surface area contributed by atoms with E-state index in [0.717, 1.165) is 29.5 Å². The number of phenolic OH excluding ortho intramolecular Hbond substituents is 1. The van der Waals surface area contributed by atoms with E-state index in [2.05, 4.69) is 60.8 Å². The van der Waals surface area contributed by atoms with Gasteiger partial charge in [-0.1, -0.05) is 93.5 Å². The molecule has 1 atom stereocenters. The van der Waals surface area contributed by atoms with Gasteiger partial charge in [-0.25, -0.2) is 0 Å². The van der Waals surface area contributed by atoms with Gasteiger partial charge in [0.2, 0.25) is 0 Å². The lowest BCUT2D eigenvalue weighted by atomic mass is 10.0. The van der Waals surface area contributed by atoms with Crippen LogP contribution in [-0.4, -0.2) is 5.11 Å². The van der Waals surface area contributed by atoms with Gasteiger partial charge >= 0.3 is 0 Å².